The zero-order chi connectivity index (χ0) is 21.6. The Labute approximate surface area is 185 Å². The number of halogens is 2. The van der Waals surface area contributed by atoms with Gasteiger partial charge >= 0.3 is 0 Å². The van der Waals surface area contributed by atoms with Gasteiger partial charge in [-0.25, -0.2) is 4.39 Å². The maximum absolute atomic E-state index is 13.2. The quantitative estimate of drug-likeness (QED) is 0.295. The Hall–Kier alpha value is -1.75. The summed E-state index contributed by atoms with van der Waals surface area (Å²) in [5.74, 6) is -0.195. The lowest BCUT2D eigenvalue weighted by molar-refractivity contribution is 0.178. The molecule has 0 saturated heterocycles. The van der Waals surface area contributed by atoms with Crippen molar-refractivity contribution in [1.82, 2.24) is 4.98 Å². The summed E-state index contributed by atoms with van der Waals surface area (Å²) in [5.41, 5.74) is 3.15. The van der Waals surface area contributed by atoms with Crippen LogP contribution >= 0.6 is 11.6 Å². The Bertz CT molecular complexity index is 951. The third kappa shape index (κ3) is 5.29. The summed E-state index contributed by atoms with van der Waals surface area (Å²) >= 11 is 6.70. The van der Waals surface area contributed by atoms with Crippen molar-refractivity contribution < 1.29 is 8.82 Å². The van der Waals surface area contributed by atoms with E-state index in [0.29, 0.717) is 5.02 Å². The number of hydrogen-bond acceptors (Lipinski definition) is 2. The molecule has 0 amide bonds. The molecule has 0 fully saturated rings. The van der Waals surface area contributed by atoms with Crippen molar-refractivity contribution in [2.24, 2.45) is 0 Å². The van der Waals surface area contributed by atoms with Crippen molar-refractivity contribution >= 4 is 30.8 Å². The van der Waals surface area contributed by atoms with Gasteiger partial charge in [0.1, 0.15) is 5.82 Å². The lowest BCUT2D eigenvalue weighted by atomic mass is 9.98. The van der Waals surface area contributed by atoms with Gasteiger partial charge < -0.3 is 4.43 Å². The first kappa shape index (κ1) is 22.9. The molecule has 0 aliphatic carbocycles. The third-order valence-corrected chi connectivity index (χ3v) is 11.2. The standard InChI is InChI=1S/C25H31ClFNOSi/c1-4-30(5-2,6-3)29-24(13-9-10-19-14-16-20(27)17-15-19)25-21-11-7-8-12-23(21)28-18-22(25)26/h7-8,11-12,14-18,24H,4-6,9-10,13H2,1-3H3. The minimum atomic E-state index is -1.84. The van der Waals surface area contributed by atoms with E-state index in [0.717, 1.165) is 59.4 Å². The molecule has 0 spiro atoms. The third-order valence-electron chi connectivity index (χ3n) is 6.26. The van der Waals surface area contributed by atoms with Crippen molar-refractivity contribution in [3.63, 3.8) is 0 Å². The predicted molar refractivity (Wildman–Crippen MR) is 127 cm³/mol. The molecule has 0 bridgehead atoms. The highest BCUT2D eigenvalue weighted by Gasteiger charge is 2.33. The van der Waals surface area contributed by atoms with E-state index in [9.17, 15) is 4.39 Å². The fourth-order valence-electron chi connectivity index (χ4n) is 4.17. The molecule has 1 unspecified atom stereocenters. The van der Waals surface area contributed by atoms with Gasteiger partial charge in [-0.15, -0.1) is 0 Å². The molecule has 160 valence electrons. The highest BCUT2D eigenvalue weighted by molar-refractivity contribution is 6.73. The summed E-state index contributed by atoms with van der Waals surface area (Å²) in [6.45, 7) is 6.75. The average Bonchev–Trinajstić information content (AvgIpc) is 2.78. The van der Waals surface area contributed by atoms with E-state index in [1.54, 1.807) is 6.20 Å². The molecule has 5 heteroatoms. The highest BCUT2D eigenvalue weighted by atomic mass is 35.5. The van der Waals surface area contributed by atoms with Crippen LogP contribution in [0.25, 0.3) is 10.9 Å². The number of nitrogens with zero attached hydrogens (tertiary/aromatic N) is 1. The van der Waals surface area contributed by atoms with Gasteiger partial charge in [0.15, 0.2) is 8.32 Å². The molecule has 0 radical (unpaired) electrons. The zero-order valence-electron chi connectivity index (χ0n) is 18.1. The molecule has 1 aromatic heterocycles. The number of hydrogen-bond donors (Lipinski definition) is 0. The first-order chi connectivity index (χ1) is 14.5. The lowest BCUT2D eigenvalue weighted by Gasteiger charge is -2.34. The number of para-hydroxylation sites is 1. The number of rotatable bonds is 10. The van der Waals surface area contributed by atoms with E-state index in [1.807, 2.05) is 30.3 Å². The van der Waals surface area contributed by atoms with Crippen LogP contribution < -0.4 is 0 Å². The number of aromatic nitrogens is 1. The van der Waals surface area contributed by atoms with Crippen LogP contribution in [0.5, 0.6) is 0 Å². The monoisotopic (exact) mass is 443 g/mol. The molecular formula is C25H31ClFNOSi. The summed E-state index contributed by atoms with van der Waals surface area (Å²) in [4.78, 5) is 4.51. The molecule has 3 rings (SSSR count). The highest BCUT2D eigenvalue weighted by Crippen LogP contribution is 2.39. The van der Waals surface area contributed by atoms with Gasteiger partial charge in [0.25, 0.3) is 0 Å². The number of aryl methyl sites for hydroxylation is 1. The maximum atomic E-state index is 13.2. The van der Waals surface area contributed by atoms with Gasteiger partial charge in [0.05, 0.1) is 16.6 Å². The van der Waals surface area contributed by atoms with Gasteiger partial charge in [-0.1, -0.05) is 62.7 Å². The van der Waals surface area contributed by atoms with E-state index in [-0.39, 0.29) is 11.9 Å². The number of benzene rings is 2. The van der Waals surface area contributed by atoms with Gasteiger partial charge in [0, 0.05) is 17.1 Å². The minimum absolute atomic E-state index is 0.0580. The Morgan fingerprint density at radius 1 is 1.00 bits per heavy atom. The molecule has 0 aliphatic rings. The first-order valence-corrected chi connectivity index (χ1v) is 13.9. The lowest BCUT2D eigenvalue weighted by Crippen LogP contribution is -2.37. The summed E-state index contributed by atoms with van der Waals surface area (Å²) < 4.78 is 20.2. The molecule has 0 aliphatic heterocycles. The topological polar surface area (TPSA) is 22.1 Å². The Morgan fingerprint density at radius 3 is 2.33 bits per heavy atom. The summed E-state index contributed by atoms with van der Waals surface area (Å²) in [6, 6.07) is 18.2. The Morgan fingerprint density at radius 2 is 1.67 bits per heavy atom. The normalized spacial score (nSPS) is 13.0. The van der Waals surface area contributed by atoms with Crippen LogP contribution in [0.15, 0.2) is 54.7 Å². The smallest absolute Gasteiger partial charge is 0.192 e. The molecule has 30 heavy (non-hydrogen) atoms. The van der Waals surface area contributed by atoms with Gasteiger partial charge in [-0.05, 0) is 61.2 Å². The van der Waals surface area contributed by atoms with Gasteiger partial charge in [-0.3, -0.25) is 4.98 Å². The second-order valence-electron chi connectivity index (χ2n) is 7.91. The fourth-order valence-corrected chi connectivity index (χ4v) is 7.28. The fraction of sp³-hybridized carbons (Fsp3) is 0.400. The first-order valence-electron chi connectivity index (χ1n) is 11.0. The summed E-state index contributed by atoms with van der Waals surface area (Å²) in [5, 5.41) is 1.75. The minimum Gasteiger partial charge on any atom is -0.410 e. The average molecular weight is 444 g/mol. The van der Waals surface area contributed by atoms with Crippen LogP contribution in [-0.4, -0.2) is 13.3 Å². The van der Waals surface area contributed by atoms with E-state index in [1.165, 1.54) is 12.1 Å². The number of fused-ring (bicyclic) bond motifs is 1. The van der Waals surface area contributed by atoms with E-state index < -0.39 is 8.32 Å². The van der Waals surface area contributed by atoms with Crippen LogP contribution in [0.1, 0.15) is 50.8 Å². The maximum Gasteiger partial charge on any atom is 0.192 e. The van der Waals surface area contributed by atoms with Crippen molar-refractivity contribution in [1.29, 1.82) is 0 Å². The molecule has 2 nitrogen and oxygen atoms in total. The summed E-state index contributed by atoms with van der Waals surface area (Å²) in [6.07, 6.45) is 4.41. The summed E-state index contributed by atoms with van der Waals surface area (Å²) in [7, 11) is -1.84. The molecule has 1 atom stereocenters. The molecule has 1 heterocycles. The van der Waals surface area contributed by atoms with Crippen molar-refractivity contribution in [3.05, 3.63) is 76.7 Å². The number of pyridine rings is 1. The molecule has 0 saturated carbocycles. The van der Waals surface area contributed by atoms with Gasteiger partial charge in [-0.2, -0.15) is 0 Å². The predicted octanol–water partition coefficient (Wildman–Crippen LogP) is 8.11. The van der Waals surface area contributed by atoms with Crippen LogP contribution in [0, 0.1) is 5.82 Å². The zero-order valence-corrected chi connectivity index (χ0v) is 19.9. The second-order valence-corrected chi connectivity index (χ2v) is 13.0. The molecular weight excluding hydrogens is 413 g/mol. The van der Waals surface area contributed by atoms with Crippen LogP contribution in [0.3, 0.4) is 0 Å². The van der Waals surface area contributed by atoms with Crippen LogP contribution in [0.2, 0.25) is 23.2 Å². The van der Waals surface area contributed by atoms with E-state index in [2.05, 4.69) is 31.8 Å². The van der Waals surface area contributed by atoms with Crippen molar-refractivity contribution in [2.75, 3.05) is 0 Å². The van der Waals surface area contributed by atoms with E-state index >= 15 is 0 Å². The van der Waals surface area contributed by atoms with Crippen molar-refractivity contribution in [3.8, 4) is 0 Å². The second kappa shape index (κ2) is 10.5. The molecule has 2 aromatic carbocycles. The van der Waals surface area contributed by atoms with Gasteiger partial charge in [0.2, 0.25) is 0 Å². The molecule has 0 N–H and O–H groups in total. The SMILES string of the molecule is CC[Si](CC)(CC)OC(CCCc1ccc(F)cc1)c1c(Cl)cnc2ccccc12. The van der Waals surface area contributed by atoms with Crippen LogP contribution in [-0.2, 0) is 10.8 Å². The molecule has 3 aromatic rings. The Kier molecular flexibility index (Phi) is 8.04. The largest absolute Gasteiger partial charge is 0.410 e. The Balaban J connectivity index is 1.91. The van der Waals surface area contributed by atoms with E-state index in [4.69, 9.17) is 16.0 Å². The van der Waals surface area contributed by atoms with Crippen LogP contribution in [0.4, 0.5) is 4.39 Å². The van der Waals surface area contributed by atoms with Crippen molar-refractivity contribution in [2.45, 2.75) is 64.3 Å².